The van der Waals surface area contributed by atoms with E-state index in [9.17, 15) is 0 Å². The number of ether oxygens (including phenoxy) is 1. The lowest BCUT2D eigenvalue weighted by molar-refractivity contribution is 0.195. The minimum Gasteiger partial charge on any atom is -0.385 e. The molecule has 0 radical (unpaired) electrons. The number of guanidine groups is 1. The van der Waals surface area contributed by atoms with Crippen molar-refractivity contribution in [3.8, 4) is 0 Å². The van der Waals surface area contributed by atoms with Gasteiger partial charge in [0.25, 0.3) is 0 Å². The van der Waals surface area contributed by atoms with E-state index in [1.165, 1.54) is 16.8 Å². The number of nitrogens with zero attached hydrogens (tertiary/aromatic N) is 2. The maximum Gasteiger partial charge on any atom is 0.191 e. The summed E-state index contributed by atoms with van der Waals surface area (Å²) in [6.07, 6.45) is 0.970. The predicted molar refractivity (Wildman–Crippen MR) is 94.8 cm³/mol. The Kier molecular flexibility index (Phi) is 8.36. The van der Waals surface area contributed by atoms with Gasteiger partial charge in [-0.1, -0.05) is 6.07 Å². The number of methoxy groups -OCH3 is 1. The molecule has 0 amide bonds. The molecule has 0 bridgehead atoms. The van der Waals surface area contributed by atoms with Crippen molar-refractivity contribution in [2.45, 2.75) is 26.8 Å². The fourth-order valence-corrected chi connectivity index (χ4v) is 2.06. The average molecular weight is 306 g/mol. The molecule has 0 aliphatic rings. The highest BCUT2D eigenvalue weighted by Gasteiger charge is 2.02. The van der Waals surface area contributed by atoms with Crippen molar-refractivity contribution in [2.24, 2.45) is 4.99 Å². The summed E-state index contributed by atoms with van der Waals surface area (Å²) in [7, 11) is 5.83. The number of hydrogen-bond donors (Lipinski definition) is 2. The summed E-state index contributed by atoms with van der Waals surface area (Å²) in [6, 6.07) is 6.49. The fourth-order valence-electron chi connectivity index (χ4n) is 2.06. The number of rotatable bonds is 8. The Morgan fingerprint density at radius 2 is 2.05 bits per heavy atom. The molecule has 0 aliphatic heterocycles. The van der Waals surface area contributed by atoms with Crippen molar-refractivity contribution in [3.05, 3.63) is 29.3 Å². The van der Waals surface area contributed by atoms with Gasteiger partial charge in [0.15, 0.2) is 5.96 Å². The Balaban J connectivity index is 2.65. The van der Waals surface area contributed by atoms with Gasteiger partial charge in [-0.15, -0.1) is 0 Å². The van der Waals surface area contributed by atoms with Crippen LogP contribution in [-0.2, 0) is 11.3 Å². The minimum atomic E-state index is 0.680. The van der Waals surface area contributed by atoms with Crippen LogP contribution in [0.2, 0.25) is 0 Å². The van der Waals surface area contributed by atoms with Gasteiger partial charge in [0.05, 0.1) is 6.54 Å². The van der Waals surface area contributed by atoms with Crippen LogP contribution in [0.25, 0.3) is 0 Å². The van der Waals surface area contributed by atoms with Gasteiger partial charge >= 0.3 is 0 Å². The van der Waals surface area contributed by atoms with Crippen molar-refractivity contribution >= 4 is 11.6 Å². The highest BCUT2D eigenvalue weighted by atomic mass is 16.5. The third-order valence-electron chi connectivity index (χ3n) is 3.41. The first kappa shape index (κ1) is 18.3. The maximum absolute atomic E-state index is 5.05. The van der Waals surface area contributed by atoms with E-state index in [0.717, 1.165) is 32.1 Å². The van der Waals surface area contributed by atoms with E-state index in [2.05, 4.69) is 66.7 Å². The molecule has 0 aliphatic carbocycles. The molecule has 22 heavy (non-hydrogen) atoms. The lowest BCUT2D eigenvalue weighted by Gasteiger charge is -2.15. The number of aryl methyl sites for hydroxylation is 1. The first-order valence-corrected chi connectivity index (χ1v) is 7.86. The number of anilines is 1. The number of nitrogens with one attached hydrogen (secondary N) is 2. The molecule has 0 heterocycles. The van der Waals surface area contributed by atoms with Crippen LogP contribution >= 0.6 is 0 Å². The topological polar surface area (TPSA) is 48.9 Å². The van der Waals surface area contributed by atoms with Gasteiger partial charge in [0, 0.05) is 46.6 Å². The molecule has 1 aromatic carbocycles. The van der Waals surface area contributed by atoms with Gasteiger partial charge in [-0.25, -0.2) is 4.99 Å². The van der Waals surface area contributed by atoms with Crippen LogP contribution in [0.15, 0.2) is 23.2 Å². The molecule has 0 atom stereocenters. The molecule has 1 aromatic rings. The molecular formula is C17H30N4O. The molecule has 5 heteroatoms. The second-order valence-electron chi connectivity index (χ2n) is 5.47. The van der Waals surface area contributed by atoms with Gasteiger partial charge in [-0.2, -0.15) is 0 Å². The molecule has 1 rings (SSSR count). The second kappa shape index (κ2) is 10.1. The summed E-state index contributed by atoms with van der Waals surface area (Å²) in [5.41, 5.74) is 3.74. The predicted octanol–water partition coefficient (Wildman–Crippen LogP) is 2.15. The lowest BCUT2D eigenvalue weighted by Crippen LogP contribution is -2.38. The normalized spacial score (nSPS) is 11.4. The van der Waals surface area contributed by atoms with Crippen molar-refractivity contribution in [3.63, 3.8) is 0 Å². The number of hydrogen-bond acceptors (Lipinski definition) is 3. The molecule has 0 fully saturated rings. The standard InChI is InChI=1S/C17H30N4O/c1-6-18-17(19-10-7-11-22-5)20-13-15-8-9-16(21(3)4)12-14(15)2/h8-9,12H,6-7,10-11,13H2,1-5H3,(H2,18,19,20). The summed E-state index contributed by atoms with van der Waals surface area (Å²) in [4.78, 5) is 6.77. The maximum atomic E-state index is 5.05. The van der Waals surface area contributed by atoms with Gasteiger partial charge in [0.2, 0.25) is 0 Å². The van der Waals surface area contributed by atoms with Crippen LogP contribution in [0.4, 0.5) is 5.69 Å². The van der Waals surface area contributed by atoms with Crippen molar-refractivity contribution in [2.75, 3.05) is 45.8 Å². The Hall–Kier alpha value is -1.75. The zero-order chi connectivity index (χ0) is 16.4. The number of aliphatic imine (C=N–C) groups is 1. The van der Waals surface area contributed by atoms with E-state index in [1.807, 2.05) is 0 Å². The van der Waals surface area contributed by atoms with E-state index < -0.39 is 0 Å². The fraction of sp³-hybridized carbons (Fsp3) is 0.588. The lowest BCUT2D eigenvalue weighted by atomic mass is 10.1. The van der Waals surface area contributed by atoms with E-state index in [1.54, 1.807) is 7.11 Å². The quantitative estimate of drug-likeness (QED) is 0.439. The molecule has 0 spiro atoms. The monoisotopic (exact) mass is 306 g/mol. The third kappa shape index (κ3) is 6.35. The SMILES string of the molecule is CCNC(=NCc1ccc(N(C)C)cc1C)NCCCOC. The van der Waals surface area contributed by atoms with E-state index in [-0.39, 0.29) is 0 Å². The summed E-state index contributed by atoms with van der Waals surface area (Å²) in [5, 5.41) is 6.59. The molecule has 0 saturated heterocycles. The summed E-state index contributed by atoms with van der Waals surface area (Å²) in [5.74, 6) is 0.856. The van der Waals surface area contributed by atoms with Crippen LogP contribution < -0.4 is 15.5 Å². The first-order valence-electron chi connectivity index (χ1n) is 7.86. The molecular weight excluding hydrogens is 276 g/mol. The molecule has 0 saturated carbocycles. The molecule has 5 nitrogen and oxygen atoms in total. The second-order valence-corrected chi connectivity index (χ2v) is 5.47. The Labute approximate surface area is 134 Å². The Morgan fingerprint density at radius 1 is 1.27 bits per heavy atom. The zero-order valence-corrected chi connectivity index (χ0v) is 14.6. The van der Waals surface area contributed by atoms with Gasteiger partial charge in [-0.3, -0.25) is 0 Å². The Morgan fingerprint density at radius 3 is 2.64 bits per heavy atom. The van der Waals surface area contributed by atoms with E-state index >= 15 is 0 Å². The van der Waals surface area contributed by atoms with Crippen molar-refractivity contribution < 1.29 is 4.74 Å². The molecule has 124 valence electrons. The van der Waals surface area contributed by atoms with Crippen LogP contribution in [0.5, 0.6) is 0 Å². The van der Waals surface area contributed by atoms with Crippen LogP contribution in [0.1, 0.15) is 24.5 Å². The summed E-state index contributed by atoms with van der Waals surface area (Å²) < 4.78 is 5.05. The van der Waals surface area contributed by atoms with Gasteiger partial charge < -0.3 is 20.3 Å². The average Bonchev–Trinajstić information content (AvgIpc) is 2.49. The van der Waals surface area contributed by atoms with Gasteiger partial charge in [0.1, 0.15) is 0 Å². The van der Waals surface area contributed by atoms with Crippen molar-refractivity contribution in [1.82, 2.24) is 10.6 Å². The molecule has 0 aromatic heterocycles. The summed E-state index contributed by atoms with van der Waals surface area (Å²) >= 11 is 0. The molecule has 0 unspecified atom stereocenters. The minimum absolute atomic E-state index is 0.680. The summed E-state index contributed by atoms with van der Waals surface area (Å²) in [6.45, 7) is 7.36. The van der Waals surface area contributed by atoms with Gasteiger partial charge in [-0.05, 0) is 43.5 Å². The zero-order valence-electron chi connectivity index (χ0n) is 14.6. The largest absolute Gasteiger partial charge is 0.385 e. The van der Waals surface area contributed by atoms with Crippen LogP contribution in [0, 0.1) is 6.92 Å². The highest BCUT2D eigenvalue weighted by molar-refractivity contribution is 5.79. The van der Waals surface area contributed by atoms with E-state index in [4.69, 9.17) is 4.74 Å². The first-order chi connectivity index (χ1) is 10.6. The molecule has 2 N–H and O–H groups in total. The van der Waals surface area contributed by atoms with Crippen LogP contribution in [0.3, 0.4) is 0 Å². The highest BCUT2D eigenvalue weighted by Crippen LogP contribution is 2.17. The smallest absolute Gasteiger partial charge is 0.191 e. The Bertz CT molecular complexity index is 472. The van der Waals surface area contributed by atoms with Crippen LogP contribution in [-0.4, -0.2) is 46.9 Å². The van der Waals surface area contributed by atoms with E-state index in [0.29, 0.717) is 6.54 Å². The van der Waals surface area contributed by atoms with Crippen molar-refractivity contribution in [1.29, 1.82) is 0 Å². The third-order valence-corrected chi connectivity index (χ3v) is 3.41. The number of benzene rings is 1.